The van der Waals surface area contributed by atoms with Gasteiger partial charge in [0, 0.05) is 35.1 Å². The molecule has 7 heteroatoms. The van der Waals surface area contributed by atoms with Gasteiger partial charge in [0.1, 0.15) is 0 Å². The molecule has 0 atom stereocenters. The van der Waals surface area contributed by atoms with Crippen LogP contribution < -0.4 is 0 Å². The van der Waals surface area contributed by atoms with Gasteiger partial charge in [-0.3, -0.25) is 14.4 Å². The van der Waals surface area contributed by atoms with Crippen molar-refractivity contribution in [1.82, 2.24) is 0 Å². The van der Waals surface area contributed by atoms with Gasteiger partial charge < -0.3 is 19.3 Å². The van der Waals surface area contributed by atoms with Crippen LogP contribution in [-0.4, -0.2) is 43.2 Å². The molecular weight excluding hydrogens is 725 g/mol. The topological polar surface area (TPSA) is 99.1 Å². The first kappa shape index (κ1) is 43.0. The molecule has 4 aromatic rings. The summed E-state index contributed by atoms with van der Waals surface area (Å²) in [5.41, 5.74) is 11.4. The van der Waals surface area contributed by atoms with Gasteiger partial charge in [-0.05, 0) is 106 Å². The molecule has 7 nitrogen and oxygen atoms in total. The summed E-state index contributed by atoms with van der Waals surface area (Å²) < 4.78 is 17.2. The van der Waals surface area contributed by atoms with Crippen LogP contribution in [0.25, 0.3) is 0 Å². The van der Waals surface area contributed by atoms with Crippen molar-refractivity contribution in [2.24, 2.45) is 0 Å². The van der Waals surface area contributed by atoms with Gasteiger partial charge in [-0.2, -0.15) is 0 Å². The molecular formula is C51H62O7. The molecule has 3 aliphatic rings. The summed E-state index contributed by atoms with van der Waals surface area (Å²) in [6, 6.07) is 28.5. The van der Waals surface area contributed by atoms with Crippen LogP contribution in [0.2, 0.25) is 0 Å². The van der Waals surface area contributed by atoms with Crippen molar-refractivity contribution in [1.29, 1.82) is 0 Å². The molecule has 0 spiro atoms. The molecule has 308 valence electrons. The normalized spacial score (nSPS) is 19.1. The lowest BCUT2D eigenvalue weighted by Crippen LogP contribution is -2.35. The fourth-order valence-electron chi connectivity index (χ4n) is 8.92. The number of ether oxygens (including phenoxy) is 3. The summed E-state index contributed by atoms with van der Waals surface area (Å²) in [5.74, 6) is -1.86. The van der Waals surface area contributed by atoms with Gasteiger partial charge in [0.25, 0.3) is 0 Å². The molecule has 0 saturated carbocycles. The highest BCUT2D eigenvalue weighted by molar-refractivity contribution is 6.09. The minimum atomic E-state index is -0.905. The fourth-order valence-corrected chi connectivity index (χ4v) is 8.92. The molecule has 0 bridgehead atoms. The van der Waals surface area contributed by atoms with Crippen molar-refractivity contribution < 1.29 is 33.7 Å². The van der Waals surface area contributed by atoms with Crippen molar-refractivity contribution in [3.05, 3.63) is 141 Å². The maximum atomic E-state index is 13.1. The Bertz CT molecular complexity index is 2130. The minimum absolute atomic E-state index is 0.0431. The number of methoxy groups -OCH3 is 1. The number of aryl methyl sites for hydroxylation is 2. The Morgan fingerprint density at radius 1 is 0.552 bits per heavy atom. The monoisotopic (exact) mass is 786 g/mol. The van der Waals surface area contributed by atoms with E-state index in [1.807, 2.05) is 54.6 Å². The number of carbonyl (C=O) groups excluding carboxylic acids is 2. The number of carboxylic acids is 1. The average molecular weight is 787 g/mol. The van der Waals surface area contributed by atoms with E-state index in [2.05, 4.69) is 90.5 Å². The number of fused-ring (bicyclic) bond motifs is 2. The third-order valence-electron chi connectivity index (χ3n) is 13.1. The highest BCUT2D eigenvalue weighted by Gasteiger charge is 2.44. The van der Waals surface area contributed by atoms with Crippen LogP contribution in [0, 0.1) is 0 Å². The van der Waals surface area contributed by atoms with E-state index in [9.17, 15) is 14.4 Å². The van der Waals surface area contributed by atoms with Gasteiger partial charge in [-0.15, -0.1) is 0 Å². The molecule has 7 rings (SSSR count). The average Bonchev–Trinajstić information content (AvgIpc) is 3.71. The molecule has 1 aliphatic heterocycles. The Labute approximate surface area is 345 Å². The highest BCUT2D eigenvalue weighted by Crippen LogP contribution is 2.49. The van der Waals surface area contributed by atoms with Crippen LogP contribution in [0.15, 0.2) is 84.9 Å². The van der Waals surface area contributed by atoms with E-state index in [1.165, 1.54) is 35.8 Å². The molecule has 58 heavy (non-hydrogen) atoms. The quantitative estimate of drug-likeness (QED) is 0.126. The largest absolute Gasteiger partial charge is 0.481 e. The van der Waals surface area contributed by atoms with Gasteiger partial charge >= 0.3 is 11.9 Å². The Hall–Kier alpha value is -4.59. The van der Waals surface area contributed by atoms with Crippen LogP contribution in [0.4, 0.5) is 0 Å². The number of rotatable bonds is 10. The number of aliphatic carboxylic acids is 1. The van der Waals surface area contributed by atoms with E-state index >= 15 is 0 Å². The number of benzene rings is 4. The number of esters is 1. The SMILES string of the molecule is CC1(C)CCC(C)(C)c2cc(C3(c4ccc(CCC(=O)O)cc4)OCCO3)ccc21.COC(=O)CCc1ccc(C(=O)c2ccc3c(c2)C(C)(C)CCC3(C)C)cc1. The van der Waals surface area contributed by atoms with E-state index in [4.69, 9.17) is 14.6 Å². The fraction of sp³-hybridized carbons (Fsp3) is 0.471. The van der Waals surface area contributed by atoms with Gasteiger partial charge in [0.2, 0.25) is 5.79 Å². The number of carbonyl (C=O) groups is 3. The second-order valence-corrected chi connectivity index (χ2v) is 19.1. The third-order valence-corrected chi connectivity index (χ3v) is 13.1. The van der Waals surface area contributed by atoms with Crippen molar-refractivity contribution >= 4 is 17.7 Å². The molecule has 1 heterocycles. The molecule has 0 radical (unpaired) electrons. The highest BCUT2D eigenvalue weighted by atomic mass is 16.7. The number of hydrogen-bond acceptors (Lipinski definition) is 6. The predicted molar refractivity (Wildman–Crippen MR) is 229 cm³/mol. The molecule has 1 saturated heterocycles. The van der Waals surface area contributed by atoms with Crippen LogP contribution >= 0.6 is 0 Å². The summed E-state index contributed by atoms with van der Waals surface area (Å²) in [6.07, 6.45) is 6.24. The standard InChI is InChI=1S/C26H32O4.C25H30O3/c1-24(2)13-14-25(3,4)22-17-20(10-11-21(22)24)26(29-15-16-30-26)19-8-5-18(6-9-19)7-12-23(27)28;1-24(2)14-15-25(3,4)21-16-19(11-12-20(21)24)23(27)18-9-6-17(7-10-18)8-13-22(26)28-5/h5-6,8-11,17H,7,12-16H2,1-4H3,(H,27,28);6-7,9-12,16H,8,13-15H2,1-5H3. The van der Waals surface area contributed by atoms with Crippen LogP contribution in [-0.2, 0) is 64.1 Å². The first-order valence-electron chi connectivity index (χ1n) is 20.9. The van der Waals surface area contributed by atoms with E-state index in [1.54, 1.807) is 0 Å². The zero-order valence-electron chi connectivity index (χ0n) is 36.1. The van der Waals surface area contributed by atoms with E-state index in [-0.39, 0.29) is 39.8 Å². The number of hydrogen-bond donors (Lipinski definition) is 1. The molecule has 0 unspecified atom stereocenters. The molecule has 2 aliphatic carbocycles. The van der Waals surface area contributed by atoms with Gasteiger partial charge in [-0.1, -0.05) is 128 Å². The maximum Gasteiger partial charge on any atom is 0.305 e. The predicted octanol–water partition coefficient (Wildman–Crippen LogP) is 10.7. The number of carboxylic acid groups (broad SMARTS) is 1. The van der Waals surface area contributed by atoms with Gasteiger partial charge in [0.05, 0.1) is 20.3 Å². The number of ketones is 1. The van der Waals surface area contributed by atoms with Crippen LogP contribution in [0.1, 0.15) is 154 Å². The van der Waals surface area contributed by atoms with Crippen molar-refractivity contribution in [2.75, 3.05) is 20.3 Å². The first-order valence-corrected chi connectivity index (χ1v) is 20.9. The maximum absolute atomic E-state index is 13.1. The van der Waals surface area contributed by atoms with Gasteiger partial charge in [-0.25, -0.2) is 0 Å². The Balaban J connectivity index is 0.000000196. The lowest BCUT2D eigenvalue weighted by atomic mass is 9.62. The van der Waals surface area contributed by atoms with E-state index in [0.29, 0.717) is 38.0 Å². The zero-order valence-corrected chi connectivity index (χ0v) is 36.1. The molecule has 0 aromatic heterocycles. The van der Waals surface area contributed by atoms with E-state index < -0.39 is 11.8 Å². The smallest absolute Gasteiger partial charge is 0.305 e. The first-order chi connectivity index (χ1) is 27.3. The van der Waals surface area contributed by atoms with Crippen molar-refractivity contribution in [2.45, 2.75) is 134 Å². The van der Waals surface area contributed by atoms with Crippen LogP contribution in [0.5, 0.6) is 0 Å². The third kappa shape index (κ3) is 9.01. The lowest BCUT2D eigenvalue weighted by molar-refractivity contribution is -0.140. The van der Waals surface area contributed by atoms with Crippen molar-refractivity contribution in [3.8, 4) is 0 Å². The van der Waals surface area contributed by atoms with Crippen LogP contribution in [0.3, 0.4) is 0 Å². The van der Waals surface area contributed by atoms with E-state index in [0.717, 1.165) is 47.1 Å². The Kier molecular flexibility index (Phi) is 12.3. The Morgan fingerprint density at radius 3 is 1.50 bits per heavy atom. The summed E-state index contributed by atoms with van der Waals surface area (Å²) in [7, 11) is 1.39. The summed E-state index contributed by atoms with van der Waals surface area (Å²) in [5, 5.41) is 8.93. The molecule has 0 amide bonds. The lowest BCUT2D eigenvalue weighted by Gasteiger charge is -2.42. The second kappa shape index (κ2) is 16.6. The van der Waals surface area contributed by atoms with Gasteiger partial charge in [0.15, 0.2) is 5.78 Å². The molecule has 4 aromatic carbocycles. The van der Waals surface area contributed by atoms with Crippen molar-refractivity contribution in [3.63, 3.8) is 0 Å². The zero-order chi connectivity index (χ0) is 42.1. The summed E-state index contributed by atoms with van der Waals surface area (Å²) >= 11 is 0. The Morgan fingerprint density at radius 2 is 0.983 bits per heavy atom. The summed E-state index contributed by atoms with van der Waals surface area (Å²) in [6.45, 7) is 19.5. The second-order valence-electron chi connectivity index (χ2n) is 19.1. The molecule has 1 N–H and O–H groups in total. The molecule has 1 fully saturated rings. The minimum Gasteiger partial charge on any atom is -0.481 e. The summed E-state index contributed by atoms with van der Waals surface area (Å²) in [4.78, 5) is 35.2.